The van der Waals surface area contributed by atoms with E-state index in [2.05, 4.69) is 38.7 Å². The van der Waals surface area contributed by atoms with Crippen molar-refractivity contribution in [3.8, 4) is 11.3 Å². The van der Waals surface area contributed by atoms with E-state index in [0.29, 0.717) is 0 Å². The molecule has 0 saturated heterocycles. The molecule has 2 fully saturated rings. The van der Waals surface area contributed by atoms with Crippen LogP contribution in [0.4, 0.5) is 0 Å². The van der Waals surface area contributed by atoms with Crippen LogP contribution in [0.5, 0.6) is 0 Å². The molecule has 2 aliphatic carbocycles. The Labute approximate surface area is 124 Å². The molecule has 2 heterocycles. The van der Waals surface area contributed by atoms with E-state index in [9.17, 15) is 0 Å². The minimum atomic E-state index is 0.802. The largest absolute Gasteiger partial charge is 0.278 e. The lowest BCUT2D eigenvalue weighted by molar-refractivity contribution is 0.135. The second-order valence-electron chi connectivity index (χ2n) is 6.08. The summed E-state index contributed by atoms with van der Waals surface area (Å²) in [4.78, 5) is 2.71. The molecule has 4 rings (SSSR count). The molecule has 0 N–H and O–H groups in total. The van der Waals surface area contributed by atoms with E-state index < -0.39 is 0 Å². The van der Waals surface area contributed by atoms with Gasteiger partial charge in [-0.2, -0.15) is 16.4 Å². The van der Waals surface area contributed by atoms with Crippen molar-refractivity contribution in [1.82, 2.24) is 14.7 Å². The van der Waals surface area contributed by atoms with Crippen LogP contribution in [0.15, 0.2) is 29.1 Å². The molecule has 2 aliphatic rings. The summed E-state index contributed by atoms with van der Waals surface area (Å²) >= 11 is 1.73. The zero-order valence-corrected chi connectivity index (χ0v) is 12.6. The summed E-state index contributed by atoms with van der Waals surface area (Å²) < 4.78 is 2.13. The number of hydrogen-bond acceptors (Lipinski definition) is 3. The lowest BCUT2D eigenvalue weighted by Crippen LogP contribution is -2.37. The fourth-order valence-corrected chi connectivity index (χ4v) is 3.99. The molecule has 3 nitrogen and oxygen atoms in total. The van der Waals surface area contributed by atoms with Crippen LogP contribution in [0.1, 0.15) is 38.5 Å². The Morgan fingerprint density at radius 2 is 1.95 bits per heavy atom. The highest BCUT2D eigenvalue weighted by Crippen LogP contribution is 2.34. The van der Waals surface area contributed by atoms with Crippen molar-refractivity contribution in [2.45, 2.75) is 57.3 Å². The molecule has 0 unspecified atom stereocenters. The standard InChI is InChI=1S/C16H21N3S/c1-2-4-14(3-1)19(15-5-6-15)12-18-9-7-16(17-18)13-8-10-20-11-13/h7-11,14-15H,1-6,12H2. The van der Waals surface area contributed by atoms with Gasteiger partial charge in [-0.1, -0.05) is 12.8 Å². The molecule has 0 spiro atoms. The Morgan fingerprint density at radius 1 is 1.15 bits per heavy atom. The fourth-order valence-electron chi connectivity index (χ4n) is 3.34. The van der Waals surface area contributed by atoms with Crippen LogP contribution in [0.3, 0.4) is 0 Å². The van der Waals surface area contributed by atoms with Crippen molar-refractivity contribution in [2.75, 3.05) is 0 Å². The Bertz CT molecular complexity index is 550. The first-order chi connectivity index (χ1) is 9.90. The highest BCUT2D eigenvalue weighted by Gasteiger charge is 2.35. The topological polar surface area (TPSA) is 21.1 Å². The Hall–Kier alpha value is -1.13. The van der Waals surface area contributed by atoms with E-state index in [-0.39, 0.29) is 0 Å². The van der Waals surface area contributed by atoms with Crippen LogP contribution in [-0.4, -0.2) is 26.8 Å². The van der Waals surface area contributed by atoms with Crippen LogP contribution in [0.2, 0.25) is 0 Å². The normalized spacial score (nSPS) is 20.1. The minimum Gasteiger partial charge on any atom is -0.278 e. The number of aromatic nitrogens is 2. The summed E-state index contributed by atoms with van der Waals surface area (Å²) in [5, 5.41) is 9.04. The number of rotatable bonds is 5. The molecule has 2 saturated carbocycles. The lowest BCUT2D eigenvalue weighted by atomic mass is 10.2. The molecule has 0 amide bonds. The second-order valence-corrected chi connectivity index (χ2v) is 6.86. The number of thiophene rings is 1. The molecular formula is C16H21N3S. The van der Waals surface area contributed by atoms with Crippen molar-refractivity contribution in [3.05, 3.63) is 29.1 Å². The molecule has 0 bridgehead atoms. The Morgan fingerprint density at radius 3 is 2.65 bits per heavy atom. The van der Waals surface area contributed by atoms with Crippen molar-refractivity contribution in [2.24, 2.45) is 0 Å². The van der Waals surface area contributed by atoms with Gasteiger partial charge < -0.3 is 0 Å². The maximum absolute atomic E-state index is 4.76. The van der Waals surface area contributed by atoms with Gasteiger partial charge in [0.05, 0.1) is 12.4 Å². The quantitative estimate of drug-likeness (QED) is 0.829. The van der Waals surface area contributed by atoms with Crippen molar-refractivity contribution in [1.29, 1.82) is 0 Å². The Balaban J connectivity index is 1.49. The minimum absolute atomic E-state index is 0.802. The van der Waals surface area contributed by atoms with Gasteiger partial charge in [0.25, 0.3) is 0 Å². The lowest BCUT2D eigenvalue weighted by Gasteiger charge is -2.28. The number of hydrogen-bond donors (Lipinski definition) is 0. The third-order valence-corrected chi connectivity index (χ3v) is 5.26. The highest BCUT2D eigenvalue weighted by molar-refractivity contribution is 7.08. The maximum Gasteiger partial charge on any atom is 0.0933 e. The van der Waals surface area contributed by atoms with Gasteiger partial charge in [-0.25, -0.2) is 0 Å². The van der Waals surface area contributed by atoms with Gasteiger partial charge >= 0.3 is 0 Å². The average Bonchev–Trinajstić information content (AvgIpc) is 2.97. The molecule has 4 heteroatoms. The van der Waals surface area contributed by atoms with Gasteiger partial charge in [0.2, 0.25) is 0 Å². The van der Waals surface area contributed by atoms with Gasteiger partial charge in [-0.15, -0.1) is 0 Å². The van der Waals surface area contributed by atoms with Crippen LogP contribution < -0.4 is 0 Å². The zero-order chi connectivity index (χ0) is 13.4. The molecule has 2 aromatic heterocycles. The second kappa shape index (κ2) is 5.34. The van der Waals surface area contributed by atoms with E-state index in [4.69, 9.17) is 5.10 Å². The first kappa shape index (κ1) is 12.6. The fraction of sp³-hybridized carbons (Fsp3) is 0.562. The number of nitrogens with zero attached hydrogens (tertiary/aromatic N) is 3. The SMILES string of the molecule is c1cc(-c2ccn(CN(C3CCCC3)C3CC3)n2)cs1. The molecule has 20 heavy (non-hydrogen) atoms. The van der Waals surface area contributed by atoms with Gasteiger partial charge in [-0.3, -0.25) is 9.58 Å². The van der Waals surface area contributed by atoms with E-state index in [1.807, 2.05) is 0 Å². The zero-order valence-electron chi connectivity index (χ0n) is 11.7. The third-order valence-electron chi connectivity index (χ3n) is 4.58. The van der Waals surface area contributed by atoms with Gasteiger partial charge in [-0.05, 0) is 43.2 Å². The monoisotopic (exact) mass is 287 g/mol. The van der Waals surface area contributed by atoms with Gasteiger partial charge in [0.1, 0.15) is 0 Å². The maximum atomic E-state index is 4.76. The molecule has 106 valence electrons. The molecule has 0 radical (unpaired) electrons. The van der Waals surface area contributed by atoms with Crippen LogP contribution in [0.25, 0.3) is 11.3 Å². The molecular weight excluding hydrogens is 266 g/mol. The summed E-state index contributed by atoms with van der Waals surface area (Å²) in [7, 11) is 0. The Kier molecular flexibility index (Phi) is 3.36. The van der Waals surface area contributed by atoms with Crippen molar-refractivity contribution in [3.63, 3.8) is 0 Å². The summed E-state index contributed by atoms with van der Waals surface area (Å²) in [6.45, 7) is 0.972. The van der Waals surface area contributed by atoms with Crippen molar-refractivity contribution < 1.29 is 0 Å². The smallest absolute Gasteiger partial charge is 0.0933 e. The van der Waals surface area contributed by atoms with Crippen LogP contribution >= 0.6 is 11.3 Å². The van der Waals surface area contributed by atoms with E-state index >= 15 is 0 Å². The molecule has 0 aromatic carbocycles. The van der Waals surface area contributed by atoms with E-state index in [1.54, 1.807) is 11.3 Å². The predicted molar refractivity (Wildman–Crippen MR) is 82.7 cm³/mol. The van der Waals surface area contributed by atoms with Gasteiger partial charge in [0, 0.05) is 29.2 Å². The first-order valence-electron chi connectivity index (χ1n) is 7.72. The average molecular weight is 287 g/mol. The highest BCUT2D eigenvalue weighted by atomic mass is 32.1. The summed E-state index contributed by atoms with van der Waals surface area (Å²) in [6.07, 6.45) is 10.5. The van der Waals surface area contributed by atoms with E-state index in [1.165, 1.54) is 44.1 Å². The van der Waals surface area contributed by atoms with Crippen molar-refractivity contribution >= 4 is 11.3 Å². The van der Waals surface area contributed by atoms with Crippen LogP contribution in [0, 0.1) is 0 Å². The molecule has 0 aliphatic heterocycles. The first-order valence-corrected chi connectivity index (χ1v) is 8.66. The van der Waals surface area contributed by atoms with Gasteiger partial charge in [0.15, 0.2) is 0 Å². The third kappa shape index (κ3) is 2.54. The summed E-state index contributed by atoms with van der Waals surface area (Å²) in [5.41, 5.74) is 2.35. The summed E-state index contributed by atoms with van der Waals surface area (Å²) in [5.74, 6) is 0. The molecule has 2 aromatic rings. The molecule has 0 atom stereocenters. The predicted octanol–water partition coefficient (Wildman–Crippen LogP) is 3.98. The van der Waals surface area contributed by atoms with Crippen LogP contribution in [-0.2, 0) is 6.67 Å². The summed E-state index contributed by atoms with van der Waals surface area (Å²) in [6, 6.07) is 5.91. The van der Waals surface area contributed by atoms with E-state index in [0.717, 1.165) is 24.4 Å².